The Bertz CT molecular complexity index is 1150. The van der Waals surface area contributed by atoms with E-state index in [0.29, 0.717) is 19.6 Å². The fourth-order valence-electron chi connectivity index (χ4n) is 5.85. The number of nitrogens with zero attached hydrogens (tertiary/aromatic N) is 5. The van der Waals surface area contributed by atoms with Crippen molar-refractivity contribution in [3.05, 3.63) is 45.6 Å². The number of fused-ring (bicyclic) bond motifs is 3. The summed E-state index contributed by atoms with van der Waals surface area (Å²) in [6.45, 7) is 1.40. The van der Waals surface area contributed by atoms with E-state index in [-0.39, 0.29) is 17.9 Å². The van der Waals surface area contributed by atoms with Crippen molar-refractivity contribution in [1.29, 1.82) is 5.26 Å². The van der Waals surface area contributed by atoms with E-state index >= 15 is 0 Å². The number of carbonyl (C=O) groups is 1. The normalized spacial score (nSPS) is 23.8. The van der Waals surface area contributed by atoms with Crippen LogP contribution in [0.25, 0.3) is 0 Å². The highest BCUT2D eigenvalue weighted by Gasteiger charge is 2.44. The summed E-state index contributed by atoms with van der Waals surface area (Å²) in [6.07, 6.45) is 6.06. The Balaban J connectivity index is 1.50. The first-order valence-electron chi connectivity index (χ1n) is 11.3. The molecule has 0 unspecified atom stereocenters. The Morgan fingerprint density at radius 3 is 2.82 bits per heavy atom. The lowest BCUT2D eigenvalue weighted by molar-refractivity contribution is 0.119. The van der Waals surface area contributed by atoms with E-state index < -0.39 is 6.09 Å². The van der Waals surface area contributed by atoms with Gasteiger partial charge in [-0.1, -0.05) is 35.5 Å². The summed E-state index contributed by atoms with van der Waals surface area (Å²) in [7, 11) is 0. The molecule has 1 aliphatic heterocycles. The van der Waals surface area contributed by atoms with Crippen LogP contribution in [0.5, 0.6) is 0 Å². The van der Waals surface area contributed by atoms with Crippen LogP contribution < -0.4 is 4.90 Å². The number of aromatic nitrogens is 2. The van der Waals surface area contributed by atoms with Gasteiger partial charge in [-0.3, -0.25) is 0 Å². The highest BCUT2D eigenvalue weighted by Crippen LogP contribution is 2.50. The maximum Gasteiger partial charge on any atom is 0.407 e. The Morgan fingerprint density at radius 1 is 1.30 bits per heavy atom. The van der Waals surface area contributed by atoms with Gasteiger partial charge < -0.3 is 14.9 Å². The van der Waals surface area contributed by atoms with Gasteiger partial charge in [-0.2, -0.15) is 5.26 Å². The third-order valence-corrected chi connectivity index (χ3v) is 8.39. The van der Waals surface area contributed by atoms with Crippen molar-refractivity contribution in [2.45, 2.75) is 55.1 Å². The van der Waals surface area contributed by atoms with Gasteiger partial charge in [-0.05, 0) is 55.6 Å². The quantitative estimate of drug-likeness (QED) is 0.513. The van der Waals surface area contributed by atoms with Gasteiger partial charge in [0.15, 0.2) is 5.16 Å². The molecule has 1 aromatic carbocycles. The highest BCUT2D eigenvalue weighted by molar-refractivity contribution is 7.98. The second kappa shape index (κ2) is 8.69. The number of halogens is 1. The topological polar surface area (TPSA) is 93.4 Å². The number of piperazine rings is 1. The van der Waals surface area contributed by atoms with Crippen molar-refractivity contribution in [2.75, 3.05) is 30.8 Å². The fourth-order valence-corrected chi connectivity index (χ4v) is 6.50. The van der Waals surface area contributed by atoms with Gasteiger partial charge in [0.05, 0.1) is 24.2 Å². The van der Waals surface area contributed by atoms with E-state index in [4.69, 9.17) is 21.6 Å². The summed E-state index contributed by atoms with van der Waals surface area (Å²) in [5.74, 6) is 0.913. The molecule has 2 aromatic rings. The van der Waals surface area contributed by atoms with E-state index in [9.17, 15) is 15.2 Å². The fraction of sp³-hybridized carbons (Fsp3) is 0.500. The molecule has 1 aromatic heterocycles. The monoisotopic (exact) mass is 483 g/mol. The van der Waals surface area contributed by atoms with Crippen LogP contribution in [-0.4, -0.2) is 58.0 Å². The first kappa shape index (κ1) is 22.3. The Morgan fingerprint density at radius 2 is 2.09 bits per heavy atom. The molecule has 0 bridgehead atoms. The number of amides is 1. The molecule has 33 heavy (non-hydrogen) atoms. The largest absolute Gasteiger partial charge is 0.465 e. The number of hydrogen-bond acceptors (Lipinski definition) is 6. The average molecular weight is 484 g/mol. The number of benzene rings is 1. The summed E-state index contributed by atoms with van der Waals surface area (Å²) in [4.78, 5) is 25.0. The van der Waals surface area contributed by atoms with E-state index in [0.717, 1.165) is 53.8 Å². The van der Waals surface area contributed by atoms with Crippen LogP contribution in [-0.2, 0) is 24.7 Å². The van der Waals surface area contributed by atoms with Crippen LogP contribution in [0.4, 0.5) is 10.6 Å². The minimum Gasteiger partial charge on any atom is -0.465 e. The van der Waals surface area contributed by atoms with Crippen molar-refractivity contribution in [2.24, 2.45) is 0 Å². The molecule has 0 radical (unpaired) electrons. The molecule has 5 rings (SSSR count). The lowest BCUT2D eigenvalue weighted by Crippen LogP contribution is -2.55. The second-order valence-corrected chi connectivity index (χ2v) is 10.3. The van der Waals surface area contributed by atoms with Gasteiger partial charge in [-0.25, -0.2) is 14.8 Å². The molecule has 7 nitrogen and oxygen atoms in total. The molecule has 0 saturated carbocycles. The second-order valence-electron chi connectivity index (χ2n) is 9.12. The predicted molar refractivity (Wildman–Crippen MR) is 128 cm³/mol. The third kappa shape index (κ3) is 3.81. The Hall–Kier alpha value is -2.50. The summed E-state index contributed by atoms with van der Waals surface area (Å²) in [6, 6.07) is 8.06. The summed E-state index contributed by atoms with van der Waals surface area (Å²) >= 11 is 8.04. The number of anilines is 1. The van der Waals surface area contributed by atoms with Crippen molar-refractivity contribution in [3.8, 4) is 6.07 Å². The molecule has 1 fully saturated rings. The lowest BCUT2D eigenvalue weighted by Gasteiger charge is -2.42. The number of carboxylic acid groups (broad SMARTS) is 1. The van der Waals surface area contributed by atoms with Gasteiger partial charge in [0, 0.05) is 35.6 Å². The van der Waals surface area contributed by atoms with Gasteiger partial charge in [0.1, 0.15) is 5.82 Å². The molecule has 1 amide bonds. The van der Waals surface area contributed by atoms with E-state index in [2.05, 4.69) is 23.1 Å². The van der Waals surface area contributed by atoms with Crippen molar-refractivity contribution in [3.63, 3.8) is 0 Å². The molecule has 1 saturated heterocycles. The van der Waals surface area contributed by atoms with Crippen LogP contribution in [0, 0.1) is 11.3 Å². The first-order valence-corrected chi connectivity index (χ1v) is 12.9. The maximum absolute atomic E-state index is 11.6. The summed E-state index contributed by atoms with van der Waals surface area (Å²) < 4.78 is 0. The average Bonchev–Trinajstić information content (AvgIpc) is 3.17. The predicted octanol–water partition coefficient (Wildman–Crippen LogP) is 4.31. The van der Waals surface area contributed by atoms with Crippen LogP contribution in [0.15, 0.2) is 23.4 Å². The zero-order chi connectivity index (χ0) is 23.2. The number of nitriles is 1. The molecule has 2 aliphatic carbocycles. The lowest BCUT2D eigenvalue weighted by atomic mass is 9.69. The number of thioether (sulfide) groups is 1. The Kier molecular flexibility index (Phi) is 5.87. The van der Waals surface area contributed by atoms with Crippen LogP contribution in [0.2, 0.25) is 5.02 Å². The molecular formula is C24H26ClN5O2S. The maximum atomic E-state index is 11.6. The van der Waals surface area contributed by atoms with Crippen molar-refractivity contribution in [1.82, 2.24) is 14.9 Å². The van der Waals surface area contributed by atoms with Crippen molar-refractivity contribution < 1.29 is 9.90 Å². The van der Waals surface area contributed by atoms with Gasteiger partial charge in [0.25, 0.3) is 0 Å². The van der Waals surface area contributed by atoms with Crippen LogP contribution in [0.3, 0.4) is 0 Å². The van der Waals surface area contributed by atoms with E-state index in [1.54, 1.807) is 0 Å². The van der Waals surface area contributed by atoms with E-state index in [1.165, 1.54) is 33.4 Å². The standard InChI is InChI=1S/C24H26ClN5O2S/c1-33-22-27-20-13-24(8-5-16-18(24)3-2-4-19(16)25)9-6-17(20)21(28-22)29-11-12-30(23(31)32)15(14-29)7-10-26/h2-4,15H,5-9,11-14H2,1H3,(H,31,32)/t15-,24-/m0/s1. The third-order valence-electron chi connectivity index (χ3n) is 7.49. The minimum atomic E-state index is -0.968. The van der Waals surface area contributed by atoms with E-state index in [1.807, 2.05) is 12.3 Å². The van der Waals surface area contributed by atoms with Crippen LogP contribution in [0.1, 0.15) is 41.6 Å². The number of rotatable bonds is 3. The molecule has 1 N–H and O–H groups in total. The van der Waals surface area contributed by atoms with Gasteiger partial charge >= 0.3 is 6.09 Å². The summed E-state index contributed by atoms with van der Waals surface area (Å²) in [5.41, 5.74) is 5.00. The molecule has 2 atom stereocenters. The minimum absolute atomic E-state index is 0.0693. The zero-order valence-corrected chi connectivity index (χ0v) is 20.1. The van der Waals surface area contributed by atoms with Gasteiger partial charge in [0.2, 0.25) is 0 Å². The van der Waals surface area contributed by atoms with Crippen molar-refractivity contribution >= 4 is 35.3 Å². The smallest absolute Gasteiger partial charge is 0.407 e. The molecule has 9 heteroatoms. The molecule has 172 valence electrons. The molecule has 2 heterocycles. The zero-order valence-electron chi connectivity index (χ0n) is 18.6. The molecule has 1 spiro atoms. The Labute approximate surface area is 202 Å². The molecular weight excluding hydrogens is 458 g/mol. The first-order chi connectivity index (χ1) is 16.0. The SMILES string of the molecule is CSc1nc2c(c(N3CCN(C(=O)O)[C@@H](CC#N)C3)n1)CC[C@@]1(CCc3c(Cl)cccc31)C2. The van der Waals surface area contributed by atoms with Gasteiger partial charge in [-0.15, -0.1) is 0 Å². The number of hydrogen-bond donors (Lipinski definition) is 1. The van der Waals surface area contributed by atoms with Crippen LogP contribution >= 0.6 is 23.4 Å². The summed E-state index contributed by atoms with van der Waals surface area (Å²) in [5, 5.41) is 20.4. The highest BCUT2D eigenvalue weighted by atomic mass is 35.5. The molecule has 3 aliphatic rings.